The van der Waals surface area contributed by atoms with Crippen LogP contribution >= 0.6 is 11.3 Å². The van der Waals surface area contributed by atoms with Crippen molar-refractivity contribution in [3.63, 3.8) is 0 Å². The number of carbonyl (C=O) groups is 2. The number of carbonyl (C=O) groups excluding carboxylic acids is 1. The molecule has 0 radical (unpaired) electrons. The Kier molecular flexibility index (Phi) is 5.63. The normalized spacial score (nSPS) is 20.2. The number of nitrogens with zero attached hydrogens (tertiary/aromatic N) is 2. The summed E-state index contributed by atoms with van der Waals surface area (Å²) < 4.78 is 12.9. The number of benzene rings is 1. The number of nitrogens with one attached hydrogen (secondary N) is 1. The van der Waals surface area contributed by atoms with Crippen molar-refractivity contribution in [3.05, 3.63) is 46.7 Å². The van der Waals surface area contributed by atoms with E-state index in [1.165, 1.54) is 23.5 Å². The highest BCUT2D eigenvalue weighted by Gasteiger charge is 2.35. The highest BCUT2D eigenvalue weighted by molar-refractivity contribution is 7.15. The molecule has 2 N–H and O–H groups in total. The van der Waals surface area contributed by atoms with E-state index in [1.807, 2.05) is 11.8 Å². The molecule has 1 aliphatic heterocycles. The predicted molar refractivity (Wildman–Crippen MR) is 96.7 cm³/mol. The van der Waals surface area contributed by atoms with E-state index in [0.717, 1.165) is 10.4 Å². The molecule has 1 aliphatic rings. The lowest BCUT2D eigenvalue weighted by Crippen LogP contribution is -2.32. The number of halogens is 1. The molecule has 1 saturated heterocycles. The third kappa shape index (κ3) is 4.64. The zero-order valence-corrected chi connectivity index (χ0v) is 15.1. The van der Waals surface area contributed by atoms with Crippen molar-refractivity contribution in [3.8, 4) is 0 Å². The van der Waals surface area contributed by atoms with Gasteiger partial charge in [0.25, 0.3) is 0 Å². The maximum atomic E-state index is 12.9. The molecule has 1 aromatic heterocycles. The summed E-state index contributed by atoms with van der Waals surface area (Å²) in [5.41, 5.74) is 0.971. The van der Waals surface area contributed by atoms with Crippen molar-refractivity contribution in [2.45, 2.75) is 13.3 Å². The minimum atomic E-state index is -0.814. The fourth-order valence-electron chi connectivity index (χ4n) is 3.13. The number of carboxylic acids is 1. The molecule has 1 fully saturated rings. The van der Waals surface area contributed by atoms with E-state index in [2.05, 4.69) is 10.3 Å². The summed E-state index contributed by atoms with van der Waals surface area (Å²) in [7, 11) is 0. The first-order valence-corrected chi connectivity index (χ1v) is 9.16. The van der Waals surface area contributed by atoms with Crippen molar-refractivity contribution < 1.29 is 19.1 Å². The molecule has 6 nitrogen and oxygen atoms in total. The number of rotatable bonds is 6. The number of amides is 1. The van der Waals surface area contributed by atoms with Crippen LogP contribution in [0.4, 0.5) is 9.52 Å². The smallest absolute Gasteiger partial charge is 0.308 e. The lowest BCUT2D eigenvalue weighted by Gasteiger charge is -2.13. The largest absolute Gasteiger partial charge is 0.481 e. The molecule has 2 aromatic rings. The van der Waals surface area contributed by atoms with Gasteiger partial charge in [-0.3, -0.25) is 14.5 Å². The highest BCUT2D eigenvalue weighted by atomic mass is 32.1. The number of aromatic nitrogens is 1. The Morgan fingerprint density at radius 1 is 1.35 bits per heavy atom. The lowest BCUT2D eigenvalue weighted by atomic mass is 9.99. The number of hydrogen-bond acceptors (Lipinski definition) is 5. The van der Waals surface area contributed by atoms with Crippen molar-refractivity contribution in [1.82, 2.24) is 9.88 Å². The molecule has 0 spiro atoms. The Labute approximate surface area is 154 Å². The van der Waals surface area contributed by atoms with Crippen molar-refractivity contribution in [2.75, 3.05) is 25.0 Å². The van der Waals surface area contributed by atoms with Gasteiger partial charge in [-0.25, -0.2) is 9.37 Å². The van der Waals surface area contributed by atoms with Crippen LogP contribution in [0.15, 0.2) is 30.5 Å². The molecule has 2 atom stereocenters. The molecule has 0 saturated carbocycles. The number of hydrogen-bond donors (Lipinski definition) is 2. The first-order chi connectivity index (χ1) is 12.4. The molecule has 2 heterocycles. The average molecular weight is 377 g/mol. The summed E-state index contributed by atoms with van der Waals surface area (Å²) >= 11 is 1.37. The van der Waals surface area contributed by atoms with Crippen LogP contribution in [0.1, 0.15) is 17.4 Å². The van der Waals surface area contributed by atoms with E-state index in [-0.39, 0.29) is 24.2 Å². The molecule has 0 aliphatic carbocycles. The second-order valence-electron chi connectivity index (χ2n) is 6.60. The summed E-state index contributed by atoms with van der Waals surface area (Å²) in [6, 6.07) is 6.28. The van der Waals surface area contributed by atoms with Gasteiger partial charge in [0.1, 0.15) is 5.82 Å². The van der Waals surface area contributed by atoms with E-state index in [4.69, 9.17) is 5.11 Å². The van der Waals surface area contributed by atoms with E-state index in [9.17, 15) is 14.0 Å². The van der Waals surface area contributed by atoms with Crippen LogP contribution in [-0.2, 0) is 16.0 Å². The molecular weight excluding hydrogens is 357 g/mol. The maximum Gasteiger partial charge on any atom is 0.308 e. The zero-order chi connectivity index (χ0) is 18.7. The topological polar surface area (TPSA) is 82.5 Å². The van der Waals surface area contributed by atoms with Gasteiger partial charge < -0.3 is 10.4 Å². The predicted octanol–water partition coefficient (Wildman–Crippen LogP) is 2.46. The Morgan fingerprint density at radius 2 is 2.08 bits per heavy atom. The van der Waals surface area contributed by atoms with Gasteiger partial charge in [-0.15, -0.1) is 11.3 Å². The fourth-order valence-corrected chi connectivity index (χ4v) is 3.99. The van der Waals surface area contributed by atoms with Gasteiger partial charge in [0, 0.05) is 30.6 Å². The number of aliphatic carboxylic acids is 1. The summed E-state index contributed by atoms with van der Waals surface area (Å²) in [6.45, 7) is 3.02. The quantitative estimate of drug-likeness (QED) is 0.808. The van der Waals surface area contributed by atoms with Crippen molar-refractivity contribution in [1.29, 1.82) is 0 Å². The van der Waals surface area contributed by atoms with Gasteiger partial charge in [-0.1, -0.05) is 19.1 Å². The van der Waals surface area contributed by atoms with Gasteiger partial charge in [0.2, 0.25) is 5.91 Å². The van der Waals surface area contributed by atoms with Gasteiger partial charge in [-0.2, -0.15) is 0 Å². The molecule has 8 heteroatoms. The monoisotopic (exact) mass is 377 g/mol. The Hall–Kier alpha value is -2.32. The first kappa shape index (κ1) is 18.5. The summed E-state index contributed by atoms with van der Waals surface area (Å²) in [4.78, 5) is 30.4. The van der Waals surface area contributed by atoms with Crippen molar-refractivity contribution in [2.24, 2.45) is 11.8 Å². The number of carboxylic acid groups (broad SMARTS) is 1. The number of anilines is 1. The van der Waals surface area contributed by atoms with E-state index < -0.39 is 11.9 Å². The van der Waals surface area contributed by atoms with Crippen LogP contribution in [0.5, 0.6) is 0 Å². The minimum Gasteiger partial charge on any atom is -0.481 e. The summed E-state index contributed by atoms with van der Waals surface area (Å²) in [5.74, 6) is -1.68. The second-order valence-corrected chi connectivity index (χ2v) is 7.71. The fraction of sp³-hybridized carbons (Fsp3) is 0.389. The van der Waals surface area contributed by atoms with Gasteiger partial charge >= 0.3 is 5.97 Å². The maximum absolute atomic E-state index is 12.9. The van der Waals surface area contributed by atoms with Gasteiger partial charge in [-0.05, 0) is 23.6 Å². The van der Waals surface area contributed by atoms with Gasteiger partial charge in [0.05, 0.1) is 12.5 Å². The SMILES string of the molecule is C[C@@H]1CN(CC(=O)Nc2ncc(Cc3ccc(F)cc3)s2)C[C@H]1C(=O)O. The van der Waals surface area contributed by atoms with E-state index >= 15 is 0 Å². The van der Waals surface area contributed by atoms with Gasteiger partial charge in [0.15, 0.2) is 5.13 Å². The van der Waals surface area contributed by atoms with Crippen LogP contribution in [0.3, 0.4) is 0 Å². The third-order valence-electron chi connectivity index (χ3n) is 4.46. The third-order valence-corrected chi connectivity index (χ3v) is 5.38. The number of likely N-dealkylation sites (tertiary alicyclic amines) is 1. The molecular formula is C18H20FN3O3S. The standard InChI is InChI=1S/C18H20FN3O3S/c1-11-8-22(9-15(11)17(24)25)10-16(23)21-18-20-7-14(26-18)6-12-2-4-13(19)5-3-12/h2-5,7,11,15H,6,8-10H2,1H3,(H,24,25)(H,20,21,23)/t11-,15-/m1/s1. The number of thiazole rings is 1. The summed E-state index contributed by atoms with van der Waals surface area (Å²) in [6.07, 6.45) is 2.32. The Bertz CT molecular complexity index is 793. The van der Waals surface area contributed by atoms with Crippen LogP contribution in [0, 0.1) is 17.7 Å². The molecule has 0 unspecified atom stereocenters. The molecule has 26 heavy (non-hydrogen) atoms. The molecule has 1 amide bonds. The Balaban J connectivity index is 1.51. The minimum absolute atomic E-state index is 0.0301. The van der Waals surface area contributed by atoms with E-state index in [1.54, 1.807) is 18.3 Å². The van der Waals surface area contributed by atoms with Crippen LogP contribution in [0.25, 0.3) is 0 Å². The highest BCUT2D eigenvalue weighted by Crippen LogP contribution is 2.24. The molecule has 3 rings (SSSR count). The van der Waals surface area contributed by atoms with E-state index in [0.29, 0.717) is 24.6 Å². The summed E-state index contributed by atoms with van der Waals surface area (Å²) in [5, 5.41) is 12.4. The molecule has 1 aromatic carbocycles. The average Bonchev–Trinajstić information content (AvgIpc) is 3.16. The molecule has 0 bridgehead atoms. The first-order valence-electron chi connectivity index (χ1n) is 8.35. The van der Waals surface area contributed by atoms with Crippen LogP contribution in [-0.4, -0.2) is 46.5 Å². The zero-order valence-electron chi connectivity index (χ0n) is 14.3. The Morgan fingerprint density at radius 3 is 2.73 bits per heavy atom. The second kappa shape index (κ2) is 7.92. The van der Waals surface area contributed by atoms with Crippen molar-refractivity contribution >= 4 is 28.3 Å². The molecule has 138 valence electrons. The van der Waals surface area contributed by atoms with Crippen LogP contribution in [0.2, 0.25) is 0 Å². The van der Waals surface area contributed by atoms with Crippen LogP contribution < -0.4 is 5.32 Å². The lowest BCUT2D eigenvalue weighted by molar-refractivity contribution is -0.142.